The van der Waals surface area contributed by atoms with Gasteiger partial charge in [0.05, 0.1) is 0 Å². The van der Waals surface area contributed by atoms with Crippen LogP contribution in [0.5, 0.6) is 0 Å². The summed E-state index contributed by atoms with van der Waals surface area (Å²) in [6.07, 6.45) is -8.57. The van der Waals surface area contributed by atoms with Crippen LogP contribution in [0.3, 0.4) is 0 Å². The van der Waals surface area contributed by atoms with Crippen molar-refractivity contribution in [3.05, 3.63) is 42.0 Å². The lowest BCUT2D eigenvalue weighted by atomic mass is 9.92. The Morgan fingerprint density at radius 1 is 0.710 bits per heavy atom. The van der Waals surface area contributed by atoms with Crippen molar-refractivity contribution < 1.29 is 62.2 Å². The van der Waals surface area contributed by atoms with Crippen LogP contribution in [0, 0.1) is 11.8 Å². The molecule has 1 N–H and O–H groups in total. The van der Waals surface area contributed by atoms with E-state index in [1.807, 2.05) is 0 Å². The van der Waals surface area contributed by atoms with Gasteiger partial charge in [0, 0.05) is 11.6 Å². The van der Waals surface area contributed by atoms with Crippen LogP contribution >= 0.6 is 0 Å². The van der Waals surface area contributed by atoms with Crippen molar-refractivity contribution in [1.29, 1.82) is 0 Å². The van der Waals surface area contributed by atoms with Gasteiger partial charge in [0.2, 0.25) is 0 Å². The fourth-order valence-electron chi connectivity index (χ4n) is 2.00. The number of rotatable bonds is 6. The molecule has 1 nitrogen and oxygen atoms in total. The molecule has 1 aromatic carbocycles. The van der Waals surface area contributed by atoms with E-state index in [0.717, 1.165) is 24.3 Å². The molecule has 0 bridgehead atoms. The first-order valence-corrected chi connectivity index (χ1v) is 7.61. The van der Waals surface area contributed by atoms with Crippen molar-refractivity contribution in [3.63, 3.8) is 0 Å². The van der Waals surface area contributed by atoms with Crippen molar-refractivity contribution in [2.45, 2.75) is 35.8 Å². The number of aliphatic hydroxyl groups excluding tert-OH is 1. The van der Waals surface area contributed by atoms with Crippen LogP contribution in [0.25, 0.3) is 5.57 Å². The van der Waals surface area contributed by atoms with E-state index in [1.54, 1.807) is 11.8 Å². The van der Waals surface area contributed by atoms with Crippen molar-refractivity contribution in [2.75, 3.05) is 6.61 Å². The van der Waals surface area contributed by atoms with Gasteiger partial charge in [-0.1, -0.05) is 42.2 Å². The maximum atomic E-state index is 14.0. The zero-order chi connectivity index (χ0) is 24.5. The standard InChI is InChI=1S/C17H9F13O/c18-12(19,9-11(7-4-8-31)10-5-2-1-3-6-10)13(20,21)14(22,23)15(24,25)16(26,27)17(28,29)30/h1-3,5-6,9,31H,8H2/b11-9-. The van der Waals surface area contributed by atoms with Crippen LogP contribution in [0.2, 0.25) is 0 Å². The van der Waals surface area contributed by atoms with Crippen LogP contribution in [0.15, 0.2) is 36.4 Å². The second-order valence-electron chi connectivity index (χ2n) is 5.80. The number of hydrogen-bond acceptors (Lipinski definition) is 1. The molecule has 0 unspecified atom stereocenters. The predicted molar refractivity (Wildman–Crippen MR) is 80.1 cm³/mol. The van der Waals surface area contributed by atoms with Gasteiger partial charge in [-0.2, -0.15) is 57.1 Å². The summed E-state index contributed by atoms with van der Waals surface area (Å²) in [5, 5.41) is 8.58. The monoisotopic (exact) mass is 476 g/mol. The fourth-order valence-corrected chi connectivity index (χ4v) is 2.00. The van der Waals surface area contributed by atoms with Crippen LogP contribution in [0.4, 0.5) is 57.1 Å². The molecular weight excluding hydrogens is 467 g/mol. The average molecular weight is 476 g/mol. The van der Waals surface area contributed by atoms with Gasteiger partial charge in [-0.3, -0.25) is 0 Å². The molecule has 0 saturated heterocycles. The van der Waals surface area contributed by atoms with Crippen molar-refractivity contribution in [2.24, 2.45) is 0 Å². The predicted octanol–water partition coefficient (Wildman–Crippen LogP) is 5.80. The van der Waals surface area contributed by atoms with E-state index < -0.39 is 59.6 Å². The highest BCUT2D eigenvalue weighted by Crippen LogP contribution is 2.60. The SMILES string of the molecule is OCC#C/C(=C/C(F)(F)C(F)(F)C(F)(F)C(F)(F)C(F)(F)C(F)(F)F)c1ccccc1. The summed E-state index contributed by atoms with van der Waals surface area (Å²) in [4.78, 5) is 0. The lowest BCUT2D eigenvalue weighted by molar-refractivity contribution is -0.436. The molecule has 0 fully saturated rings. The van der Waals surface area contributed by atoms with Gasteiger partial charge < -0.3 is 5.11 Å². The molecule has 0 radical (unpaired) electrons. The Morgan fingerprint density at radius 2 is 1.16 bits per heavy atom. The summed E-state index contributed by atoms with van der Waals surface area (Å²) >= 11 is 0. The molecule has 0 atom stereocenters. The van der Waals surface area contributed by atoms with E-state index in [9.17, 15) is 57.1 Å². The molecule has 31 heavy (non-hydrogen) atoms. The van der Waals surface area contributed by atoms with Crippen molar-refractivity contribution in [1.82, 2.24) is 0 Å². The zero-order valence-corrected chi connectivity index (χ0v) is 14.5. The molecule has 174 valence electrons. The van der Waals surface area contributed by atoms with Crippen molar-refractivity contribution in [3.8, 4) is 11.8 Å². The first-order chi connectivity index (χ1) is 13.8. The molecule has 0 amide bonds. The summed E-state index contributed by atoms with van der Waals surface area (Å²) in [5.41, 5.74) is -1.71. The molecule has 0 aliphatic carbocycles. The van der Waals surface area contributed by atoms with E-state index in [-0.39, 0.29) is 0 Å². The topological polar surface area (TPSA) is 20.2 Å². The van der Waals surface area contributed by atoms with Gasteiger partial charge in [0.15, 0.2) is 0 Å². The number of allylic oxidation sites excluding steroid dienone is 2. The molecule has 1 aromatic rings. The van der Waals surface area contributed by atoms with E-state index in [0.29, 0.717) is 0 Å². The Balaban J connectivity index is 3.66. The largest absolute Gasteiger partial charge is 0.460 e. The minimum absolute atomic E-state index is 0.477. The second-order valence-corrected chi connectivity index (χ2v) is 5.80. The number of aliphatic hydroxyl groups is 1. The Kier molecular flexibility index (Phi) is 7.08. The average Bonchev–Trinajstić information content (AvgIpc) is 2.64. The van der Waals surface area contributed by atoms with Gasteiger partial charge in [0.1, 0.15) is 6.61 Å². The highest BCUT2D eigenvalue weighted by molar-refractivity contribution is 5.79. The Bertz CT molecular complexity index is 857. The molecule has 0 aliphatic heterocycles. The number of hydrogen-bond donors (Lipinski definition) is 1. The Hall–Kier alpha value is -2.43. The van der Waals surface area contributed by atoms with E-state index in [2.05, 4.69) is 0 Å². The van der Waals surface area contributed by atoms with E-state index in [1.165, 1.54) is 6.07 Å². The molecule has 0 aromatic heterocycles. The van der Waals surface area contributed by atoms with Gasteiger partial charge in [-0.05, 0) is 5.56 Å². The third-order valence-electron chi connectivity index (χ3n) is 3.67. The highest BCUT2D eigenvalue weighted by atomic mass is 19.4. The van der Waals surface area contributed by atoms with Gasteiger partial charge >= 0.3 is 35.8 Å². The number of benzene rings is 1. The highest BCUT2D eigenvalue weighted by Gasteiger charge is 2.90. The maximum Gasteiger partial charge on any atom is 0.460 e. The third-order valence-corrected chi connectivity index (χ3v) is 3.67. The second kappa shape index (κ2) is 8.25. The third kappa shape index (κ3) is 4.46. The summed E-state index contributed by atoms with van der Waals surface area (Å²) < 4.78 is 171. The van der Waals surface area contributed by atoms with Crippen molar-refractivity contribution >= 4 is 5.57 Å². The molecule has 14 heteroatoms. The minimum atomic E-state index is -7.97. The Morgan fingerprint density at radius 3 is 1.58 bits per heavy atom. The summed E-state index contributed by atoms with van der Waals surface area (Å²) in [6.45, 7) is -1.06. The lowest BCUT2D eigenvalue weighted by Gasteiger charge is -2.39. The molecule has 1 rings (SSSR count). The van der Waals surface area contributed by atoms with E-state index >= 15 is 0 Å². The van der Waals surface area contributed by atoms with Gasteiger partial charge in [0.25, 0.3) is 0 Å². The summed E-state index contributed by atoms with van der Waals surface area (Å²) in [5.74, 6) is -34.2. The molecule has 0 aliphatic rings. The van der Waals surface area contributed by atoms with Crippen LogP contribution in [-0.2, 0) is 0 Å². The fraction of sp³-hybridized carbons (Fsp3) is 0.412. The minimum Gasteiger partial charge on any atom is -0.384 e. The first-order valence-electron chi connectivity index (χ1n) is 7.61. The summed E-state index contributed by atoms with van der Waals surface area (Å²) in [7, 11) is 0. The lowest BCUT2D eigenvalue weighted by Crippen LogP contribution is -2.69. The Labute approximate surface area is 165 Å². The molecule has 0 spiro atoms. The zero-order valence-electron chi connectivity index (χ0n) is 14.5. The van der Waals surface area contributed by atoms with Crippen LogP contribution < -0.4 is 0 Å². The van der Waals surface area contributed by atoms with E-state index in [4.69, 9.17) is 5.11 Å². The summed E-state index contributed by atoms with van der Waals surface area (Å²) in [6, 6.07) is 5.34. The smallest absolute Gasteiger partial charge is 0.384 e. The quantitative estimate of drug-likeness (QED) is 0.407. The number of alkyl halides is 13. The molecule has 0 saturated carbocycles. The first kappa shape index (κ1) is 26.6. The molecule has 0 heterocycles. The van der Waals surface area contributed by atoms with Gasteiger partial charge in [-0.15, -0.1) is 0 Å². The van der Waals surface area contributed by atoms with Crippen LogP contribution in [-0.4, -0.2) is 47.5 Å². The molecular formula is C17H9F13O. The van der Waals surface area contributed by atoms with Gasteiger partial charge in [-0.25, -0.2) is 0 Å². The van der Waals surface area contributed by atoms with Crippen LogP contribution in [0.1, 0.15) is 5.56 Å². The normalized spacial score (nSPS) is 14.8. The maximum absolute atomic E-state index is 14.0. The number of halogens is 13.